The molecule has 2 heterocycles. The van der Waals surface area contributed by atoms with E-state index in [4.69, 9.17) is 39.2 Å². The van der Waals surface area contributed by atoms with E-state index in [1.54, 1.807) is 30.3 Å². The van der Waals surface area contributed by atoms with Gasteiger partial charge in [-0.2, -0.15) is 0 Å². The molecule has 4 rings (SSSR count). The van der Waals surface area contributed by atoms with Crippen molar-refractivity contribution in [1.82, 2.24) is 0 Å². The zero-order valence-electron chi connectivity index (χ0n) is 15.6. The Morgan fingerprint density at radius 1 is 0.931 bits per heavy atom. The van der Waals surface area contributed by atoms with Crippen molar-refractivity contribution in [2.75, 3.05) is 23.3 Å². The highest BCUT2D eigenvalue weighted by atomic mass is 35.5. The van der Waals surface area contributed by atoms with Gasteiger partial charge < -0.3 is 14.6 Å². The first-order valence-corrected chi connectivity index (χ1v) is 10.6. The third-order valence-electron chi connectivity index (χ3n) is 4.93. The number of nitrogens with one attached hydrogen (secondary N) is 1. The van der Waals surface area contributed by atoms with E-state index >= 15 is 0 Å². The number of anilines is 2. The van der Waals surface area contributed by atoms with E-state index in [0.29, 0.717) is 32.1 Å². The van der Waals surface area contributed by atoms with Crippen molar-refractivity contribution in [3.63, 3.8) is 0 Å². The molecule has 1 fully saturated rings. The van der Waals surface area contributed by atoms with Gasteiger partial charge in [-0.3, -0.25) is 4.79 Å². The maximum absolute atomic E-state index is 12.8. The molecule has 2 aromatic carbocycles. The highest BCUT2D eigenvalue weighted by Gasteiger charge is 2.20. The van der Waals surface area contributed by atoms with Crippen molar-refractivity contribution < 1.29 is 9.21 Å². The van der Waals surface area contributed by atoms with E-state index in [2.05, 4.69) is 10.2 Å². The largest absolute Gasteiger partial charge is 0.451 e. The number of halogens is 3. The summed E-state index contributed by atoms with van der Waals surface area (Å²) in [5, 5.41) is 4.56. The van der Waals surface area contributed by atoms with Crippen LogP contribution in [-0.4, -0.2) is 19.0 Å². The topological polar surface area (TPSA) is 45.5 Å². The number of nitrogens with zero attached hydrogens (tertiary/aromatic N) is 1. The van der Waals surface area contributed by atoms with Crippen LogP contribution < -0.4 is 10.2 Å². The number of carbonyl (C=O) groups is 1. The Bertz CT molecular complexity index is 1040. The van der Waals surface area contributed by atoms with E-state index in [0.717, 1.165) is 31.6 Å². The van der Waals surface area contributed by atoms with Crippen LogP contribution in [0.2, 0.25) is 15.1 Å². The first-order valence-electron chi connectivity index (χ1n) is 9.43. The maximum Gasteiger partial charge on any atom is 0.291 e. The fourth-order valence-corrected chi connectivity index (χ4v) is 4.33. The van der Waals surface area contributed by atoms with Crippen LogP contribution in [-0.2, 0) is 0 Å². The second kappa shape index (κ2) is 8.70. The fourth-order valence-electron chi connectivity index (χ4n) is 3.53. The van der Waals surface area contributed by atoms with Gasteiger partial charge in [0.1, 0.15) is 5.76 Å². The molecule has 1 aliphatic heterocycles. The average molecular weight is 450 g/mol. The number of amides is 1. The third-order valence-corrected chi connectivity index (χ3v) is 5.79. The van der Waals surface area contributed by atoms with Crippen LogP contribution >= 0.6 is 34.8 Å². The van der Waals surface area contributed by atoms with Crippen LogP contribution in [0.25, 0.3) is 11.3 Å². The van der Waals surface area contributed by atoms with Gasteiger partial charge in [-0.05, 0) is 61.7 Å². The lowest BCUT2D eigenvalue weighted by Crippen LogP contribution is -2.30. The summed E-state index contributed by atoms with van der Waals surface area (Å²) in [5.41, 5.74) is 2.20. The molecule has 1 aromatic heterocycles. The molecule has 0 radical (unpaired) electrons. The molecule has 0 unspecified atom stereocenters. The Morgan fingerprint density at radius 2 is 1.72 bits per heavy atom. The Labute approximate surface area is 184 Å². The van der Waals surface area contributed by atoms with Crippen molar-refractivity contribution in [2.24, 2.45) is 0 Å². The van der Waals surface area contributed by atoms with E-state index in [-0.39, 0.29) is 11.7 Å². The quantitative estimate of drug-likeness (QED) is 0.460. The molecule has 0 saturated carbocycles. The predicted octanol–water partition coefficient (Wildman–Crippen LogP) is 7.15. The number of carbonyl (C=O) groups excluding carboxylic acids is 1. The lowest BCUT2D eigenvalue weighted by atomic mass is 10.1. The molecule has 4 nitrogen and oxygen atoms in total. The Balaban J connectivity index is 1.58. The van der Waals surface area contributed by atoms with Crippen LogP contribution in [0.5, 0.6) is 0 Å². The number of furan rings is 1. The SMILES string of the molecule is O=C(Nc1cccc(Cl)c1N1CCCCC1)c1ccc(-c2ccc(Cl)cc2Cl)o1. The first-order chi connectivity index (χ1) is 14.0. The minimum Gasteiger partial charge on any atom is -0.451 e. The molecule has 1 N–H and O–H groups in total. The highest BCUT2D eigenvalue weighted by molar-refractivity contribution is 6.36. The molecule has 0 atom stereocenters. The molecular formula is C22H19Cl3N2O2. The summed E-state index contributed by atoms with van der Waals surface area (Å²) in [6.07, 6.45) is 3.44. The summed E-state index contributed by atoms with van der Waals surface area (Å²) in [7, 11) is 0. The summed E-state index contributed by atoms with van der Waals surface area (Å²) in [6.45, 7) is 1.85. The Morgan fingerprint density at radius 3 is 2.48 bits per heavy atom. The monoisotopic (exact) mass is 448 g/mol. The normalized spacial score (nSPS) is 14.1. The standard InChI is InChI=1S/C22H19Cl3N2O2/c23-14-7-8-15(17(25)13-14)19-9-10-20(29-19)22(28)26-18-6-4-5-16(24)21(18)27-11-2-1-3-12-27/h4-10,13H,1-3,11-12H2,(H,26,28). The zero-order valence-corrected chi connectivity index (χ0v) is 17.8. The minimum absolute atomic E-state index is 0.190. The fraction of sp³-hybridized carbons (Fsp3) is 0.227. The molecule has 150 valence electrons. The van der Waals surface area contributed by atoms with E-state index in [9.17, 15) is 4.79 Å². The van der Waals surface area contributed by atoms with Gasteiger partial charge in [-0.15, -0.1) is 0 Å². The second-order valence-corrected chi connectivity index (χ2v) is 8.18. The molecule has 29 heavy (non-hydrogen) atoms. The molecular weight excluding hydrogens is 431 g/mol. The number of rotatable bonds is 4. The lowest BCUT2D eigenvalue weighted by molar-refractivity contribution is 0.0997. The molecule has 1 aliphatic rings. The highest BCUT2D eigenvalue weighted by Crippen LogP contribution is 2.36. The van der Waals surface area contributed by atoms with Crippen LogP contribution in [0, 0.1) is 0 Å². The summed E-state index contributed by atoms with van der Waals surface area (Å²) in [5.74, 6) is 0.344. The van der Waals surface area contributed by atoms with Crippen LogP contribution in [0.15, 0.2) is 52.9 Å². The Kier molecular flexibility index (Phi) is 6.04. The van der Waals surface area contributed by atoms with Gasteiger partial charge in [-0.25, -0.2) is 0 Å². The summed E-state index contributed by atoms with van der Waals surface area (Å²) < 4.78 is 5.75. The van der Waals surface area contributed by atoms with Crippen molar-refractivity contribution in [3.8, 4) is 11.3 Å². The van der Waals surface area contributed by atoms with Crippen molar-refractivity contribution in [1.29, 1.82) is 0 Å². The number of piperidine rings is 1. The zero-order chi connectivity index (χ0) is 20.4. The predicted molar refractivity (Wildman–Crippen MR) is 120 cm³/mol. The third kappa shape index (κ3) is 4.40. The lowest BCUT2D eigenvalue weighted by Gasteiger charge is -2.31. The number of hydrogen-bond donors (Lipinski definition) is 1. The number of benzene rings is 2. The maximum atomic E-state index is 12.8. The average Bonchev–Trinajstić information content (AvgIpc) is 3.19. The van der Waals surface area contributed by atoms with Gasteiger partial charge in [0.05, 0.1) is 21.4 Å². The van der Waals surface area contributed by atoms with Gasteiger partial charge in [0, 0.05) is 23.7 Å². The Hall–Kier alpha value is -2.14. The molecule has 1 amide bonds. The number of para-hydroxylation sites is 1. The minimum atomic E-state index is -0.345. The van der Waals surface area contributed by atoms with Crippen LogP contribution in [0.3, 0.4) is 0 Å². The van der Waals surface area contributed by atoms with Crippen LogP contribution in [0.1, 0.15) is 29.8 Å². The molecule has 0 aliphatic carbocycles. The molecule has 7 heteroatoms. The van der Waals surface area contributed by atoms with Crippen molar-refractivity contribution in [3.05, 3.63) is 69.4 Å². The molecule has 0 bridgehead atoms. The summed E-state index contributed by atoms with van der Waals surface area (Å²) >= 11 is 18.7. The molecule has 1 saturated heterocycles. The number of hydrogen-bond acceptors (Lipinski definition) is 3. The van der Waals surface area contributed by atoms with Crippen molar-refractivity contribution in [2.45, 2.75) is 19.3 Å². The van der Waals surface area contributed by atoms with E-state index < -0.39 is 0 Å². The van der Waals surface area contributed by atoms with Gasteiger partial charge in [0.15, 0.2) is 5.76 Å². The smallest absolute Gasteiger partial charge is 0.291 e. The summed E-state index contributed by atoms with van der Waals surface area (Å²) in [4.78, 5) is 15.0. The van der Waals surface area contributed by atoms with Crippen LogP contribution in [0.4, 0.5) is 11.4 Å². The molecule has 3 aromatic rings. The molecule has 0 spiro atoms. The second-order valence-electron chi connectivity index (χ2n) is 6.93. The van der Waals surface area contributed by atoms with Gasteiger partial charge in [0.25, 0.3) is 5.91 Å². The van der Waals surface area contributed by atoms with E-state index in [1.165, 1.54) is 6.42 Å². The van der Waals surface area contributed by atoms with E-state index in [1.807, 2.05) is 18.2 Å². The first kappa shape index (κ1) is 20.1. The van der Waals surface area contributed by atoms with Gasteiger partial charge >= 0.3 is 0 Å². The van der Waals surface area contributed by atoms with Gasteiger partial charge in [-0.1, -0.05) is 40.9 Å². The van der Waals surface area contributed by atoms with Gasteiger partial charge in [0.2, 0.25) is 0 Å². The van der Waals surface area contributed by atoms with Crippen molar-refractivity contribution >= 4 is 52.1 Å². The summed E-state index contributed by atoms with van der Waals surface area (Å²) in [6, 6.07) is 14.0.